The highest BCUT2D eigenvalue weighted by Crippen LogP contribution is 2.65. The van der Waals surface area contributed by atoms with Crippen LogP contribution in [0.5, 0.6) is 0 Å². The molecule has 46 heavy (non-hydrogen) atoms. The molecule has 13 heteroatoms. The average molecular weight is 635 g/mol. The number of carbonyl (C=O) groups is 2. The summed E-state index contributed by atoms with van der Waals surface area (Å²) in [6.07, 6.45) is 7.34. The van der Waals surface area contributed by atoms with Gasteiger partial charge in [0.15, 0.2) is 10.8 Å². The lowest BCUT2D eigenvalue weighted by molar-refractivity contribution is -0.525. The zero-order chi connectivity index (χ0) is 33.2. The van der Waals surface area contributed by atoms with E-state index in [1.54, 1.807) is 12.1 Å². The Kier molecular flexibility index (Phi) is 9.93. The second-order valence-corrected chi connectivity index (χ2v) is 14.3. The van der Waals surface area contributed by atoms with Crippen LogP contribution in [0.4, 0.5) is 0 Å². The summed E-state index contributed by atoms with van der Waals surface area (Å²) >= 11 is 0. The van der Waals surface area contributed by atoms with Gasteiger partial charge in [-0.3, -0.25) is 9.59 Å². The topological polar surface area (TPSA) is 163 Å². The van der Waals surface area contributed by atoms with Gasteiger partial charge in [0.2, 0.25) is 5.91 Å². The highest BCUT2D eigenvalue weighted by Gasteiger charge is 2.68. The molecule has 248 valence electrons. The SMILES string of the molecule is CC(C)C[C@H](NC(=O)[C@H](CCCN=C(N)N[N+](=O)[O-])CC(=O)c1ccc(-n2cccc2)cc1)B1O[C@@H]2C[C@@H]3C[C@@H](C3(C)C)[C@]2(C)O1. The number of hydrogen-bond acceptors (Lipinski definition) is 7. The molecule has 6 rings (SSSR count). The highest BCUT2D eigenvalue weighted by atomic mass is 16.7. The fraction of sp³-hybridized carbons (Fsp3) is 0.606. The molecule has 2 heterocycles. The number of hydrazine groups is 1. The maximum atomic E-state index is 14.0. The van der Waals surface area contributed by atoms with Crippen LogP contribution in [-0.4, -0.2) is 58.6 Å². The third-order valence-corrected chi connectivity index (χ3v) is 10.4. The summed E-state index contributed by atoms with van der Waals surface area (Å²) in [5.41, 5.74) is 8.63. The Morgan fingerprint density at radius 1 is 1.17 bits per heavy atom. The summed E-state index contributed by atoms with van der Waals surface area (Å²) in [5.74, 6) is -0.468. The highest BCUT2D eigenvalue weighted by molar-refractivity contribution is 6.47. The molecule has 1 aromatic heterocycles. The Morgan fingerprint density at radius 2 is 1.87 bits per heavy atom. The molecule has 4 aliphatic rings. The van der Waals surface area contributed by atoms with Crippen LogP contribution in [0.25, 0.3) is 5.69 Å². The van der Waals surface area contributed by atoms with Crippen LogP contribution in [0, 0.1) is 39.2 Å². The van der Waals surface area contributed by atoms with Crippen LogP contribution in [0.15, 0.2) is 53.8 Å². The molecule has 4 N–H and O–H groups in total. The fourth-order valence-corrected chi connectivity index (χ4v) is 7.78. The number of aromatic nitrogens is 1. The maximum Gasteiger partial charge on any atom is 0.481 e. The largest absolute Gasteiger partial charge is 0.481 e. The van der Waals surface area contributed by atoms with Gasteiger partial charge < -0.3 is 24.9 Å². The molecule has 6 atom stereocenters. The van der Waals surface area contributed by atoms with Gasteiger partial charge in [0.25, 0.3) is 5.96 Å². The number of carbonyl (C=O) groups excluding carboxylic acids is 2. The molecular formula is C33H47BN6O6. The number of aliphatic imine (C=N–C) groups is 1. The number of Topliss-reactive ketones (excluding diaryl/α,β-unsaturated/α-hetero) is 1. The lowest BCUT2D eigenvalue weighted by Crippen LogP contribution is -2.65. The van der Waals surface area contributed by atoms with Crippen LogP contribution < -0.4 is 16.5 Å². The Morgan fingerprint density at radius 3 is 2.50 bits per heavy atom. The second kappa shape index (κ2) is 13.6. The standard InChI is InChI=1S/C33H47BN6O6/c1-21(2)17-29(34-45-28-20-24-19-27(32(24,3)4)33(28,5)46-34)37-30(42)23(9-8-14-36-31(35)38-40(43)44)18-26(41)22-10-12-25(13-11-22)39-15-6-7-16-39/h6-7,10-13,15-16,21,23-24,27-29H,8-9,14,17-20H2,1-5H3,(H,37,42)(H3,35,36,38)/t23-,24+,27+,28-,29+,33+/m1/s1. The molecule has 2 aromatic rings. The van der Waals surface area contributed by atoms with E-state index in [4.69, 9.17) is 15.0 Å². The molecule has 3 aliphatic carbocycles. The summed E-state index contributed by atoms with van der Waals surface area (Å²) in [6, 6.07) is 11.2. The molecule has 0 radical (unpaired) electrons. The lowest BCUT2D eigenvalue weighted by atomic mass is 9.43. The number of nitro groups is 1. The number of ketones is 1. The average Bonchev–Trinajstić information content (AvgIpc) is 3.65. The van der Waals surface area contributed by atoms with Crippen molar-refractivity contribution in [3.63, 3.8) is 0 Å². The summed E-state index contributed by atoms with van der Waals surface area (Å²) in [5, 5.41) is 13.1. The number of rotatable bonds is 14. The molecule has 4 fully saturated rings. The zero-order valence-corrected chi connectivity index (χ0v) is 27.5. The number of amides is 1. The molecule has 0 spiro atoms. The second-order valence-electron chi connectivity index (χ2n) is 14.3. The van der Waals surface area contributed by atoms with E-state index in [0.29, 0.717) is 36.7 Å². The van der Waals surface area contributed by atoms with Gasteiger partial charge in [-0.25, -0.2) is 15.1 Å². The van der Waals surface area contributed by atoms with Crippen LogP contribution in [-0.2, 0) is 14.1 Å². The Bertz CT molecular complexity index is 1430. The zero-order valence-electron chi connectivity index (χ0n) is 27.5. The smallest absolute Gasteiger partial charge is 0.404 e. The van der Waals surface area contributed by atoms with Crippen molar-refractivity contribution >= 4 is 24.8 Å². The lowest BCUT2D eigenvalue weighted by Gasteiger charge is -2.64. The number of nitrogens with zero attached hydrogens (tertiary/aromatic N) is 3. The minimum absolute atomic E-state index is 0.000106. The van der Waals surface area contributed by atoms with Gasteiger partial charge >= 0.3 is 7.12 Å². The molecular weight excluding hydrogens is 587 g/mol. The molecule has 3 saturated carbocycles. The van der Waals surface area contributed by atoms with Crippen molar-refractivity contribution in [2.24, 2.45) is 39.8 Å². The van der Waals surface area contributed by atoms with E-state index in [2.05, 4.69) is 44.9 Å². The minimum Gasteiger partial charge on any atom is -0.404 e. The van der Waals surface area contributed by atoms with Crippen molar-refractivity contribution < 1.29 is 23.9 Å². The Labute approximate surface area is 271 Å². The van der Waals surface area contributed by atoms with E-state index in [9.17, 15) is 19.7 Å². The fourth-order valence-electron chi connectivity index (χ4n) is 7.78. The van der Waals surface area contributed by atoms with E-state index >= 15 is 0 Å². The molecule has 1 amide bonds. The van der Waals surface area contributed by atoms with Gasteiger partial charge in [0.1, 0.15) is 0 Å². The quantitative estimate of drug-likeness (QED) is 0.0526. The first-order valence-electron chi connectivity index (χ1n) is 16.4. The Balaban J connectivity index is 1.29. The molecule has 1 aromatic carbocycles. The third kappa shape index (κ3) is 7.15. The van der Waals surface area contributed by atoms with Crippen LogP contribution in [0.2, 0.25) is 0 Å². The van der Waals surface area contributed by atoms with Gasteiger partial charge in [0, 0.05) is 42.5 Å². The predicted octanol–water partition coefficient (Wildman–Crippen LogP) is 4.34. The van der Waals surface area contributed by atoms with Crippen molar-refractivity contribution in [2.75, 3.05) is 6.54 Å². The normalized spacial score (nSPS) is 26.2. The van der Waals surface area contributed by atoms with E-state index in [1.807, 2.05) is 46.7 Å². The van der Waals surface area contributed by atoms with Gasteiger partial charge in [-0.15, -0.1) is 0 Å². The third-order valence-electron chi connectivity index (χ3n) is 10.4. The summed E-state index contributed by atoms with van der Waals surface area (Å²) in [7, 11) is -0.577. The van der Waals surface area contributed by atoms with Crippen LogP contribution in [0.1, 0.15) is 83.5 Å². The van der Waals surface area contributed by atoms with Crippen molar-refractivity contribution in [1.82, 2.24) is 15.3 Å². The minimum atomic E-state index is -0.779. The predicted molar refractivity (Wildman–Crippen MR) is 176 cm³/mol. The summed E-state index contributed by atoms with van der Waals surface area (Å²) < 4.78 is 15.2. The number of hydrogen-bond donors (Lipinski definition) is 3. The van der Waals surface area contributed by atoms with Crippen LogP contribution in [0.3, 0.4) is 0 Å². The van der Waals surface area contributed by atoms with Gasteiger partial charge in [0.05, 0.1) is 17.6 Å². The first kappa shape index (κ1) is 33.7. The van der Waals surface area contributed by atoms with Gasteiger partial charge in [-0.2, -0.15) is 0 Å². The summed E-state index contributed by atoms with van der Waals surface area (Å²) in [6.45, 7) is 11.2. The van der Waals surface area contributed by atoms with Gasteiger partial charge in [-0.05, 0) is 98.6 Å². The molecule has 1 saturated heterocycles. The van der Waals surface area contributed by atoms with Crippen molar-refractivity contribution in [3.8, 4) is 5.69 Å². The Hall–Kier alpha value is -3.71. The summed E-state index contributed by atoms with van der Waals surface area (Å²) in [4.78, 5) is 42.1. The van der Waals surface area contributed by atoms with Crippen molar-refractivity contribution in [3.05, 3.63) is 64.5 Å². The van der Waals surface area contributed by atoms with E-state index in [-0.39, 0.29) is 54.0 Å². The molecule has 2 bridgehead atoms. The van der Waals surface area contributed by atoms with E-state index in [0.717, 1.165) is 18.5 Å². The van der Waals surface area contributed by atoms with Crippen LogP contribution >= 0.6 is 0 Å². The monoisotopic (exact) mass is 634 g/mol. The van der Waals surface area contributed by atoms with Crippen molar-refractivity contribution in [2.45, 2.75) is 90.8 Å². The van der Waals surface area contributed by atoms with Crippen molar-refractivity contribution in [1.29, 1.82) is 0 Å². The van der Waals surface area contributed by atoms with E-state index in [1.165, 1.54) is 0 Å². The van der Waals surface area contributed by atoms with E-state index < -0.39 is 23.7 Å². The molecule has 12 nitrogen and oxygen atoms in total. The van der Waals surface area contributed by atoms with Gasteiger partial charge in [-0.1, -0.05) is 33.1 Å². The number of guanidine groups is 1. The molecule has 0 unspecified atom stereocenters. The first-order valence-corrected chi connectivity index (χ1v) is 16.4. The number of nitrogens with one attached hydrogen (secondary N) is 2. The number of nitrogens with two attached hydrogens (primary N) is 1. The first-order chi connectivity index (χ1) is 21.8. The number of benzene rings is 1. The maximum absolute atomic E-state index is 14.0. The molecule has 1 aliphatic heterocycles.